The Kier molecular flexibility index (Phi) is 7.34. The Morgan fingerprint density at radius 3 is 2.50 bits per heavy atom. The summed E-state index contributed by atoms with van der Waals surface area (Å²) in [7, 11) is 0. The molecule has 3 nitrogen and oxygen atoms in total. The van der Waals surface area contributed by atoms with Crippen molar-refractivity contribution in [3.05, 3.63) is 65.7 Å². The third-order valence-corrected chi connectivity index (χ3v) is 4.01. The van der Waals surface area contributed by atoms with E-state index in [0.29, 0.717) is 19.4 Å². The van der Waals surface area contributed by atoms with Crippen LogP contribution in [0.2, 0.25) is 0 Å². The molecular formula is C21H27NO2. The van der Waals surface area contributed by atoms with Gasteiger partial charge in [-0.25, -0.2) is 0 Å². The van der Waals surface area contributed by atoms with Crippen molar-refractivity contribution in [1.29, 1.82) is 0 Å². The van der Waals surface area contributed by atoms with E-state index in [1.54, 1.807) is 0 Å². The number of para-hydroxylation sites is 1. The highest BCUT2D eigenvalue weighted by Crippen LogP contribution is 2.19. The van der Waals surface area contributed by atoms with Gasteiger partial charge in [0.25, 0.3) is 0 Å². The van der Waals surface area contributed by atoms with Gasteiger partial charge in [0.05, 0.1) is 6.61 Å². The number of aryl methyl sites for hydroxylation is 2. The van der Waals surface area contributed by atoms with Crippen molar-refractivity contribution in [2.45, 2.75) is 45.6 Å². The van der Waals surface area contributed by atoms with Crippen LogP contribution >= 0.6 is 0 Å². The summed E-state index contributed by atoms with van der Waals surface area (Å²) in [5, 5.41) is 3.09. The van der Waals surface area contributed by atoms with Gasteiger partial charge in [-0.05, 0) is 50.3 Å². The van der Waals surface area contributed by atoms with Gasteiger partial charge in [0.2, 0.25) is 5.91 Å². The Morgan fingerprint density at radius 1 is 1.04 bits per heavy atom. The zero-order chi connectivity index (χ0) is 17.2. The molecule has 2 aromatic carbocycles. The van der Waals surface area contributed by atoms with Crippen LogP contribution in [0.5, 0.6) is 5.75 Å². The molecule has 0 saturated heterocycles. The van der Waals surface area contributed by atoms with E-state index >= 15 is 0 Å². The molecule has 0 radical (unpaired) electrons. The molecule has 2 aromatic rings. The number of benzene rings is 2. The number of hydrogen-bond acceptors (Lipinski definition) is 2. The molecule has 24 heavy (non-hydrogen) atoms. The molecule has 0 heterocycles. The predicted molar refractivity (Wildman–Crippen MR) is 98.3 cm³/mol. The third-order valence-electron chi connectivity index (χ3n) is 4.01. The molecular weight excluding hydrogens is 298 g/mol. The number of carbonyl (C=O) groups excluding carboxylic acids is 1. The fraction of sp³-hybridized carbons (Fsp3) is 0.381. The Hall–Kier alpha value is -2.29. The van der Waals surface area contributed by atoms with Gasteiger partial charge < -0.3 is 10.1 Å². The molecule has 0 aromatic heterocycles. The van der Waals surface area contributed by atoms with Crippen LogP contribution in [-0.4, -0.2) is 18.6 Å². The molecule has 0 aliphatic heterocycles. The lowest BCUT2D eigenvalue weighted by Gasteiger charge is -2.14. The first-order valence-electron chi connectivity index (χ1n) is 8.73. The number of ether oxygens (including phenoxy) is 1. The number of nitrogens with one attached hydrogen (secondary N) is 1. The van der Waals surface area contributed by atoms with Gasteiger partial charge in [-0.3, -0.25) is 4.79 Å². The van der Waals surface area contributed by atoms with Crippen molar-refractivity contribution in [1.82, 2.24) is 5.32 Å². The van der Waals surface area contributed by atoms with Gasteiger partial charge in [0.1, 0.15) is 5.75 Å². The van der Waals surface area contributed by atoms with Gasteiger partial charge in [-0.2, -0.15) is 0 Å². The molecule has 1 amide bonds. The first-order valence-corrected chi connectivity index (χ1v) is 8.73. The van der Waals surface area contributed by atoms with Crippen molar-refractivity contribution in [2.75, 3.05) is 6.61 Å². The number of carbonyl (C=O) groups is 1. The summed E-state index contributed by atoms with van der Waals surface area (Å²) in [6.45, 7) is 4.67. The normalized spacial score (nSPS) is 11.8. The first-order chi connectivity index (χ1) is 11.7. The van der Waals surface area contributed by atoms with Crippen LogP contribution in [0.15, 0.2) is 54.6 Å². The van der Waals surface area contributed by atoms with Crippen molar-refractivity contribution in [3.8, 4) is 5.75 Å². The SMILES string of the molecule is CCOc1ccccc1CCC(=O)NC(C)CCc1ccccc1. The van der Waals surface area contributed by atoms with E-state index in [4.69, 9.17) is 4.74 Å². The zero-order valence-corrected chi connectivity index (χ0v) is 14.6. The quantitative estimate of drug-likeness (QED) is 0.752. The smallest absolute Gasteiger partial charge is 0.220 e. The van der Waals surface area contributed by atoms with Crippen molar-refractivity contribution in [3.63, 3.8) is 0 Å². The average molecular weight is 325 g/mol. The molecule has 0 saturated carbocycles. The summed E-state index contributed by atoms with van der Waals surface area (Å²) in [5.74, 6) is 0.979. The molecule has 1 N–H and O–H groups in total. The van der Waals surface area contributed by atoms with Gasteiger partial charge in [-0.1, -0.05) is 48.5 Å². The fourth-order valence-electron chi connectivity index (χ4n) is 2.70. The van der Waals surface area contributed by atoms with Crippen molar-refractivity contribution in [2.24, 2.45) is 0 Å². The minimum absolute atomic E-state index is 0.0989. The fourth-order valence-corrected chi connectivity index (χ4v) is 2.70. The van der Waals surface area contributed by atoms with Crippen LogP contribution in [0.1, 0.15) is 37.8 Å². The van der Waals surface area contributed by atoms with Crippen LogP contribution in [0.3, 0.4) is 0 Å². The van der Waals surface area contributed by atoms with E-state index in [9.17, 15) is 4.79 Å². The first kappa shape index (κ1) is 18.1. The lowest BCUT2D eigenvalue weighted by molar-refractivity contribution is -0.121. The van der Waals surface area contributed by atoms with Crippen molar-refractivity contribution >= 4 is 5.91 Å². The molecule has 0 aliphatic rings. The summed E-state index contributed by atoms with van der Waals surface area (Å²) in [4.78, 5) is 12.2. The van der Waals surface area contributed by atoms with Crippen LogP contribution in [0.25, 0.3) is 0 Å². The van der Waals surface area contributed by atoms with E-state index in [-0.39, 0.29) is 11.9 Å². The van der Waals surface area contributed by atoms with Gasteiger partial charge in [0, 0.05) is 12.5 Å². The maximum Gasteiger partial charge on any atom is 0.220 e. The highest BCUT2D eigenvalue weighted by Gasteiger charge is 2.09. The second kappa shape index (κ2) is 9.76. The van der Waals surface area contributed by atoms with Crippen LogP contribution in [-0.2, 0) is 17.6 Å². The number of amides is 1. The lowest BCUT2D eigenvalue weighted by atomic mass is 10.1. The Balaban J connectivity index is 1.74. The molecule has 1 unspecified atom stereocenters. The Morgan fingerprint density at radius 2 is 1.75 bits per heavy atom. The maximum atomic E-state index is 12.2. The topological polar surface area (TPSA) is 38.3 Å². The zero-order valence-electron chi connectivity index (χ0n) is 14.6. The standard InChI is InChI=1S/C21H27NO2/c1-3-24-20-12-8-7-11-19(20)15-16-21(23)22-17(2)13-14-18-9-5-4-6-10-18/h4-12,17H,3,13-16H2,1-2H3,(H,22,23). The molecule has 2 rings (SSSR count). The van der Waals surface area contributed by atoms with Crippen molar-refractivity contribution < 1.29 is 9.53 Å². The number of hydrogen-bond donors (Lipinski definition) is 1. The minimum atomic E-state index is 0.0989. The van der Waals surface area contributed by atoms with Crippen LogP contribution < -0.4 is 10.1 Å². The van der Waals surface area contributed by atoms with Gasteiger partial charge in [0.15, 0.2) is 0 Å². The van der Waals surface area contributed by atoms with E-state index in [1.165, 1.54) is 5.56 Å². The Labute approximate surface area is 145 Å². The molecule has 0 spiro atoms. The highest BCUT2D eigenvalue weighted by molar-refractivity contribution is 5.76. The van der Waals surface area contributed by atoms with E-state index < -0.39 is 0 Å². The van der Waals surface area contributed by atoms with Gasteiger partial charge >= 0.3 is 0 Å². The summed E-state index contributed by atoms with van der Waals surface area (Å²) < 4.78 is 5.61. The molecule has 0 aliphatic carbocycles. The molecule has 128 valence electrons. The summed E-state index contributed by atoms with van der Waals surface area (Å²) in [5.41, 5.74) is 2.40. The van der Waals surface area contributed by atoms with Crippen LogP contribution in [0, 0.1) is 0 Å². The number of rotatable bonds is 9. The predicted octanol–water partition coefficient (Wildman–Crippen LogP) is 4.16. The third kappa shape index (κ3) is 6.07. The molecule has 0 fully saturated rings. The lowest BCUT2D eigenvalue weighted by Crippen LogP contribution is -2.33. The monoisotopic (exact) mass is 325 g/mol. The highest BCUT2D eigenvalue weighted by atomic mass is 16.5. The molecule has 0 bridgehead atoms. The maximum absolute atomic E-state index is 12.2. The summed E-state index contributed by atoms with van der Waals surface area (Å²) >= 11 is 0. The largest absolute Gasteiger partial charge is 0.494 e. The van der Waals surface area contributed by atoms with Crippen LogP contribution in [0.4, 0.5) is 0 Å². The summed E-state index contributed by atoms with van der Waals surface area (Å²) in [6.07, 6.45) is 3.12. The van der Waals surface area contributed by atoms with E-state index in [0.717, 1.165) is 24.2 Å². The summed E-state index contributed by atoms with van der Waals surface area (Å²) in [6, 6.07) is 18.5. The Bertz CT molecular complexity index is 625. The second-order valence-electron chi connectivity index (χ2n) is 6.03. The van der Waals surface area contributed by atoms with E-state index in [2.05, 4.69) is 24.4 Å². The van der Waals surface area contributed by atoms with Gasteiger partial charge in [-0.15, -0.1) is 0 Å². The minimum Gasteiger partial charge on any atom is -0.494 e. The molecule has 3 heteroatoms. The molecule has 1 atom stereocenters. The van der Waals surface area contributed by atoms with E-state index in [1.807, 2.05) is 49.4 Å². The average Bonchev–Trinajstić information content (AvgIpc) is 2.60. The second-order valence-corrected chi connectivity index (χ2v) is 6.03.